The molecule has 26 heavy (non-hydrogen) atoms. The van der Waals surface area contributed by atoms with Crippen molar-refractivity contribution in [1.82, 2.24) is 4.90 Å². The van der Waals surface area contributed by atoms with Crippen LogP contribution in [0.2, 0.25) is 0 Å². The Kier molecular flexibility index (Phi) is 7.78. The van der Waals surface area contributed by atoms with Gasteiger partial charge in [-0.2, -0.15) is 0 Å². The molecule has 1 amide bonds. The Bertz CT molecular complexity index is 455. The van der Waals surface area contributed by atoms with E-state index in [1.54, 1.807) is 4.90 Å². The third kappa shape index (κ3) is 6.81. The summed E-state index contributed by atoms with van der Waals surface area (Å²) in [5.41, 5.74) is -0.476. The molecule has 0 aromatic heterocycles. The zero-order valence-electron chi connectivity index (χ0n) is 17.1. The summed E-state index contributed by atoms with van der Waals surface area (Å²) in [4.78, 5) is 26.3. The Morgan fingerprint density at radius 2 is 1.62 bits per heavy atom. The summed E-state index contributed by atoms with van der Waals surface area (Å²) < 4.78 is 11.2. The smallest absolute Gasteiger partial charge is 0.410 e. The van der Waals surface area contributed by atoms with E-state index < -0.39 is 5.60 Å². The van der Waals surface area contributed by atoms with Crippen LogP contribution in [0.1, 0.15) is 85.5 Å². The minimum Gasteiger partial charge on any atom is -0.462 e. The van der Waals surface area contributed by atoms with E-state index in [1.165, 1.54) is 19.3 Å². The van der Waals surface area contributed by atoms with Crippen LogP contribution < -0.4 is 0 Å². The van der Waals surface area contributed by atoms with E-state index in [-0.39, 0.29) is 24.1 Å². The summed E-state index contributed by atoms with van der Waals surface area (Å²) in [6.45, 7) is 9.04. The van der Waals surface area contributed by atoms with Gasteiger partial charge in [0.15, 0.2) is 0 Å². The molecule has 150 valence electrons. The average molecular weight is 368 g/mol. The molecule has 0 bridgehead atoms. The summed E-state index contributed by atoms with van der Waals surface area (Å²) in [5, 5.41) is 0. The zero-order valence-corrected chi connectivity index (χ0v) is 17.1. The fraction of sp³-hybridized carbons (Fsp3) is 0.905. The van der Waals surface area contributed by atoms with Crippen molar-refractivity contribution in [2.24, 2.45) is 11.8 Å². The van der Waals surface area contributed by atoms with Crippen molar-refractivity contribution in [2.75, 3.05) is 13.1 Å². The third-order valence-corrected chi connectivity index (χ3v) is 5.52. The number of carbonyl (C=O) groups is 2. The lowest BCUT2D eigenvalue weighted by molar-refractivity contribution is -0.157. The summed E-state index contributed by atoms with van der Waals surface area (Å²) >= 11 is 0. The van der Waals surface area contributed by atoms with Crippen LogP contribution in [0.25, 0.3) is 0 Å². The maximum Gasteiger partial charge on any atom is 0.410 e. The lowest BCUT2D eigenvalue weighted by atomic mass is 9.80. The van der Waals surface area contributed by atoms with Crippen LogP contribution in [0.4, 0.5) is 4.79 Å². The summed E-state index contributed by atoms with van der Waals surface area (Å²) in [6.07, 6.45) is 9.23. The molecule has 0 atom stereocenters. The van der Waals surface area contributed by atoms with E-state index >= 15 is 0 Å². The number of nitrogens with zero attached hydrogens (tertiary/aromatic N) is 1. The minimum atomic E-state index is -0.476. The maximum atomic E-state index is 12.5. The molecular weight excluding hydrogens is 330 g/mol. The lowest BCUT2D eigenvalue weighted by Crippen LogP contribution is -2.44. The molecule has 0 aromatic rings. The van der Waals surface area contributed by atoms with Gasteiger partial charge in [0.2, 0.25) is 0 Å². The molecule has 5 nitrogen and oxygen atoms in total. The highest BCUT2D eigenvalue weighted by Crippen LogP contribution is 2.33. The highest BCUT2D eigenvalue weighted by molar-refractivity contribution is 5.72. The molecule has 5 heteroatoms. The molecule has 2 fully saturated rings. The standard InChI is InChI=1S/C21H37NO4/c1-5-6-7-16-8-10-17(11-9-16)19(23)25-18-12-14-22(15-13-18)20(24)26-21(2,3)4/h16-18H,5-15H2,1-4H3. The Morgan fingerprint density at radius 1 is 1.00 bits per heavy atom. The molecule has 1 aliphatic carbocycles. The first kappa shape index (κ1) is 21.0. The quantitative estimate of drug-likeness (QED) is 0.647. The summed E-state index contributed by atoms with van der Waals surface area (Å²) in [6, 6.07) is 0. The van der Waals surface area contributed by atoms with Gasteiger partial charge < -0.3 is 14.4 Å². The summed E-state index contributed by atoms with van der Waals surface area (Å²) in [7, 11) is 0. The van der Waals surface area contributed by atoms with Crippen molar-refractivity contribution >= 4 is 12.1 Å². The first-order valence-electron chi connectivity index (χ1n) is 10.5. The number of esters is 1. The van der Waals surface area contributed by atoms with E-state index in [0.717, 1.165) is 31.6 Å². The highest BCUT2D eigenvalue weighted by atomic mass is 16.6. The van der Waals surface area contributed by atoms with Crippen LogP contribution in [-0.2, 0) is 14.3 Å². The van der Waals surface area contributed by atoms with Crippen molar-refractivity contribution in [3.63, 3.8) is 0 Å². The van der Waals surface area contributed by atoms with E-state index in [9.17, 15) is 9.59 Å². The molecule has 0 radical (unpaired) electrons. The number of ether oxygens (including phenoxy) is 2. The van der Waals surface area contributed by atoms with Crippen molar-refractivity contribution in [2.45, 2.75) is 97.2 Å². The molecule has 1 aliphatic heterocycles. The molecule has 0 spiro atoms. The number of hydrogen-bond donors (Lipinski definition) is 0. The minimum absolute atomic E-state index is 0.0188. The van der Waals surface area contributed by atoms with Gasteiger partial charge >= 0.3 is 12.1 Å². The maximum absolute atomic E-state index is 12.5. The van der Waals surface area contributed by atoms with E-state index in [4.69, 9.17) is 9.47 Å². The van der Waals surface area contributed by atoms with Gasteiger partial charge in [0.25, 0.3) is 0 Å². The van der Waals surface area contributed by atoms with Crippen LogP contribution in [-0.4, -0.2) is 41.8 Å². The largest absolute Gasteiger partial charge is 0.462 e. The van der Waals surface area contributed by atoms with Crippen LogP contribution in [0.3, 0.4) is 0 Å². The van der Waals surface area contributed by atoms with Crippen LogP contribution in [0.5, 0.6) is 0 Å². The first-order chi connectivity index (χ1) is 12.3. The monoisotopic (exact) mass is 367 g/mol. The SMILES string of the molecule is CCCCC1CCC(C(=O)OC2CCN(C(=O)OC(C)(C)C)CC2)CC1. The molecule has 1 heterocycles. The van der Waals surface area contributed by atoms with Crippen molar-refractivity contribution < 1.29 is 19.1 Å². The second-order valence-corrected chi connectivity index (χ2v) is 8.96. The average Bonchev–Trinajstić information content (AvgIpc) is 2.59. The molecule has 1 saturated carbocycles. The van der Waals surface area contributed by atoms with Gasteiger partial charge in [-0.3, -0.25) is 4.79 Å². The van der Waals surface area contributed by atoms with Crippen molar-refractivity contribution in [1.29, 1.82) is 0 Å². The van der Waals surface area contributed by atoms with Crippen LogP contribution in [0, 0.1) is 11.8 Å². The first-order valence-corrected chi connectivity index (χ1v) is 10.5. The Balaban J connectivity index is 1.68. The fourth-order valence-corrected chi connectivity index (χ4v) is 3.92. The second kappa shape index (κ2) is 9.61. The predicted molar refractivity (Wildman–Crippen MR) is 102 cm³/mol. The molecule has 2 rings (SSSR count). The third-order valence-electron chi connectivity index (χ3n) is 5.52. The molecule has 0 N–H and O–H groups in total. The van der Waals surface area contributed by atoms with Gasteiger partial charge in [0, 0.05) is 25.9 Å². The van der Waals surface area contributed by atoms with Gasteiger partial charge in [0.05, 0.1) is 5.92 Å². The van der Waals surface area contributed by atoms with Gasteiger partial charge in [-0.05, 0) is 52.4 Å². The topological polar surface area (TPSA) is 55.8 Å². The molecular formula is C21H37NO4. The number of hydrogen-bond acceptors (Lipinski definition) is 4. The van der Waals surface area contributed by atoms with E-state index in [0.29, 0.717) is 25.9 Å². The van der Waals surface area contributed by atoms with E-state index in [1.807, 2.05) is 20.8 Å². The zero-order chi connectivity index (χ0) is 19.2. The van der Waals surface area contributed by atoms with Crippen molar-refractivity contribution in [3.05, 3.63) is 0 Å². The molecule has 1 saturated heterocycles. The van der Waals surface area contributed by atoms with Gasteiger partial charge in [-0.25, -0.2) is 4.79 Å². The number of rotatable bonds is 5. The normalized spacial score (nSPS) is 25.0. The number of carbonyl (C=O) groups excluding carboxylic acids is 2. The molecule has 0 aromatic carbocycles. The van der Waals surface area contributed by atoms with Crippen molar-refractivity contribution in [3.8, 4) is 0 Å². The Hall–Kier alpha value is -1.26. The number of likely N-dealkylation sites (tertiary alicyclic amines) is 1. The number of piperidine rings is 1. The Morgan fingerprint density at radius 3 is 2.15 bits per heavy atom. The summed E-state index contributed by atoms with van der Waals surface area (Å²) in [5.74, 6) is 0.863. The lowest BCUT2D eigenvalue weighted by Gasteiger charge is -2.34. The molecule has 2 aliphatic rings. The van der Waals surface area contributed by atoms with Crippen LogP contribution >= 0.6 is 0 Å². The van der Waals surface area contributed by atoms with E-state index in [2.05, 4.69) is 6.92 Å². The van der Waals surface area contributed by atoms with Gasteiger partial charge in [-0.15, -0.1) is 0 Å². The van der Waals surface area contributed by atoms with Crippen LogP contribution in [0.15, 0.2) is 0 Å². The Labute approximate surface area is 158 Å². The van der Waals surface area contributed by atoms with Gasteiger partial charge in [0.1, 0.15) is 11.7 Å². The number of unbranched alkanes of at least 4 members (excludes halogenated alkanes) is 1. The molecule has 0 unspecified atom stereocenters. The van der Waals surface area contributed by atoms with Gasteiger partial charge in [-0.1, -0.05) is 26.2 Å². The number of amides is 1. The fourth-order valence-electron chi connectivity index (χ4n) is 3.92. The highest BCUT2D eigenvalue weighted by Gasteiger charge is 2.32. The second-order valence-electron chi connectivity index (χ2n) is 8.96. The predicted octanol–water partition coefficient (Wildman–Crippen LogP) is 4.93.